The molecule has 0 aliphatic heterocycles. The van der Waals surface area contributed by atoms with Gasteiger partial charge in [0.25, 0.3) is 0 Å². The summed E-state index contributed by atoms with van der Waals surface area (Å²) in [4.78, 5) is 12.5. The number of rotatable bonds is 7. The van der Waals surface area contributed by atoms with Gasteiger partial charge in [-0.2, -0.15) is 0 Å². The third kappa shape index (κ3) is 3.70. The Bertz CT molecular complexity index is 661. The molecule has 2 heterocycles. The predicted octanol–water partition coefficient (Wildman–Crippen LogP) is 3.94. The fraction of sp³-hybridized carbons (Fsp3) is 0.533. The lowest BCUT2D eigenvalue weighted by atomic mass is 10.2. The highest BCUT2D eigenvalue weighted by Crippen LogP contribution is 2.27. The third-order valence-electron chi connectivity index (χ3n) is 3.36. The number of Topliss-reactive ketones (excluding diaryl/α,β-unsaturated/α-hetero) is 1. The Morgan fingerprint density at radius 2 is 2.14 bits per heavy atom. The SMILES string of the molecule is CCNc1nnc(SCC(=O)c2cc(C)n(C(C)C)c2C)s1. The van der Waals surface area contributed by atoms with Crippen LogP contribution in [0.25, 0.3) is 0 Å². The highest BCUT2D eigenvalue weighted by molar-refractivity contribution is 8.01. The molecule has 0 aliphatic rings. The Kier molecular flexibility index (Phi) is 5.63. The quantitative estimate of drug-likeness (QED) is 0.612. The van der Waals surface area contributed by atoms with Crippen molar-refractivity contribution in [1.82, 2.24) is 14.8 Å². The molecule has 120 valence electrons. The van der Waals surface area contributed by atoms with E-state index in [1.165, 1.54) is 23.1 Å². The maximum Gasteiger partial charge on any atom is 0.206 e. The van der Waals surface area contributed by atoms with Crippen LogP contribution in [0.2, 0.25) is 0 Å². The summed E-state index contributed by atoms with van der Waals surface area (Å²) in [6, 6.07) is 2.35. The zero-order chi connectivity index (χ0) is 16.3. The van der Waals surface area contributed by atoms with E-state index in [2.05, 4.69) is 33.9 Å². The number of carbonyl (C=O) groups excluding carboxylic acids is 1. The molecule has 7 heteroatoms. The van der Waals surface area contributed by atoms with Gasteiger partial charge in [-0.3, -0.25) is 4.79 Å². The van der Waals surface area contributed by atoms with Crippen molar-refractivity contribution >= 4 is 34.0 Å². The van der Waals surface area contributed by atoms with Gasteiger partial charge >= 0.3 is 0 Å². The van der Waals surface area contributed by atoms with E-state index in [9.17, 15) is 4.79 Å². The summed E-state index contributed by atoms with van der Waals surface area (Å²) in [5, 5.41) is 12.0. The van der Waals surface area contributed by atoms with Crippen molar-refractivity contribution in [3.05, 3.63) is 23.0 Å². The first-order valence-electron chi connectivity index (χ1n) is 7.35. The summed E-state index contributed by atoms with van der Waals surface area (Å²) >= 11 is 2.93. The number of nitrogens with one attached hydrogen (secondary N) is 1. The van der Waals surface area contributed by atoms with E-state index in [1.54, 1.807) is 0 Å². The van der Waals surface area contributed by atoms with E-state index in [4.69, 9.17) is 0 Å². The number of aromatic nitrogens is 3. The minimum absolute atomic E-state index is 0.144. The standard InChI is InChI=1S/C15H22N4OS2/c1-6-16-14-17-18-15(22-14)21-8-13(20)12-7-10(4)19(9(2)3)11(12)5/h7,9H,6,8H2,1-5H3,(H,16,17). The highest BCUT2D eigenvalue weighted by atomic mass is 32.2. The zero-order valence-electron chi connectivity index (χ0n) is 13.6. The molecule has 2 aromatic rings. The highest BCUT2D eigenvalue weighted by Gasteiger charge is 2.18. The van der Waals surface area contributed by atoms with Gasteiger partial charge < -0.3 is 9.88 Å². The molecule has 0 bridgehead atoms. The molecule has 1 N–H and O–H groups in total. The first kappa shape index (κ1) is 17.0. The average molecular weight is 339 g/mol. The zero-order valence-corrected chi connectivity index (χ0v) is 15.3. The number of aryl methyl sites for hydroxylation is 1. The molecule has 0 atom stereocenters. The molecule has 0 aromatic carbocycles. The molecule has 0 saturated heterocycles. The van der Waals surface area contributed by atoms with E-state index >= 15 is 0 Å². The summed E-state index contributed by atoms with van der Waals surface area (Å²) in [6.45, 7) is 11.2. The van der Waals surface area contributed by atoms with E-state index in [0.717, 1.165) is 33.0 Å². The van der Waals surface area contributed by atoms with Crippen LogP contribution in [0.4, 0.5) is 5.13 Å². The van der Waals surface area contributed by atoms with E-state index in [-0.39, 0.29) is 5.78 Å². The molecule has 0 fully saturated rings. The van der Waals surface area contributed by atoms with Crippen LogP contribution < -0.4 is 5.32 Å². The molecule has 0 unspecified atom stereocenters. The lowest BCUT2D eigenvalue weighted by Gasteiger charge is -2.13. The summed E-state index contributed by atoms with van der Waals surface area (Å²) < 4.78 is 3.02. The first-order chi connectivity index (χ1) is 10.4. The molecule has 0 aliphatic carbocycles. The lowest BCUT2D eigenvalue weighted by molar-refractivity contribution is 0.102. The number of thioether (sulfide) groups is 1. The maximum absolute atomic E-state index is 12.5. The Balaban J connectivity index is 2.04. The second kappa shape index (κ2) is 7.28. The van der Waals surface area contributed by atoms with Crippen LogP contribution in [0.3, 0.4) is 0 Å². The average Bonchev–Trinajstić information content (AvgIpc) is 3.01. The number of anilines is 1. The molecule has 22 heavy (non-hydrogen) atoms. The molecule has 0 radical (unpaired) electrons. The number of hydrogen-bond acceptors (Lipinski definition) is 6. The maximum atomic E-state index is 12.5. The molecular formula is C15H22N4OS2. The number of ketones is 1. The molecule has 0 spiro atoms. The molecule has 0 amide bonds. The van der Waals surface area contributed by atoms with Crippen molar-refractivity contribution in [2.24, 2.45) is 0 Å². The van der Waals surface area contributed by atoms with Crippen LogP contribution in [0.1, 0.15) is 48.6 Å². The molecule has 5 nitrogen and oxygen atoms in total. The molecule has 2 aromatic heterocycles. The van der Waals surface area contributed by atoms with Gasteiger partial charge in [-0.25, -0.2) is 0 Å². The second-order valence-electron chi connectivity index (χ2n) is 5.36. The second-order valence-corrected chi connectivity index (χ2v) is 7.56. The molecular weight excluding hydrogens is 316 g/mol. The van der Waals surface area contributed by atoms with Crippen molar-refractivity contribution in [2.45, 2.75) is 45.0 Å². The monoisotopic (exact) mass is 338 g/mol. The van der Waals surface area contributed by atoms with Crippen molar-refractivity contribution < 1.29 is 4.79 Å². The van der Waals surface area contributed by atoms with Gasteiger partial charge in [0, 0.05) is 29.5 Å². The topological polar surface area (TPSA) is 59.8 Å². The minimum atomic E-state index is 0.144. The van der Waals surface area contributed by atoms with Crippen molar-refractivity contribution in [1.29, 1.82) is 0 Å². The summed E-state index contributed by atoms with van der Waals surface area (Å²) in [5.41, 5.74) is 2.99. The van der Waals surface area contributed by atoms with Gasteiger partial charge in [-0.15, -0.1) is 10.2 Å². The van der Waals surface area contributed by atoms with Crippen LogP contribution in [0.5, 0.6) is 0 Å². The lowest BCUT2D eigenvalue weighted by Crippen LogP contribution is -2.08. The van der Waals surface area contributed by atoms with Crippen LogP contribution in [-0.4, -0.2) is 32.8 Å². The van der Waals surface area contributed by atoms with Gasteiger partial charge in [0.15, 0.2) is 10.1 Å². The van der Waals surface area contributed by atoms with Gasteiger partial charge in [0.05, 0.1) is 5.75 Å². The van der Waals surface area contributed by atoms with Crippen molar-refractivity contribution in [2.75, 3.05) is 17.6 Å². The fourth-order valence-electron chi connectivity index (χ4n) is 2.55. The van der Waals surface area contributed by atoms with Crippen molar-refractivity contribution in [3.8, 4) is 0 Å². The number of hydrogen-bond donors (Lipinski definition) is 1. The van der Waals surface area contributed by atoms with Gasteiger partial charge in [-0.1, -0.05) is 23.1 Å². The van der Waals surface area contributed by atoms with Gasteiger partial charge in [0.2, 0.25) is 5.13 Å². The Morgan fingerprint density at radius 3 is 2.73 bits per heavy atom. The smallest absolute Gasteiger partial charge is 0.206 e. The van der Waals surface area contributed by atoms with E-state index < -0.39 is 0 Å². The molecule has 2 rings (SSSR count). The largest absolute Gasteiger partial charge is 0.360 e. The Hall–Kier alpha value is -1.34. The van der Waals surface area contributed by atoms with E-state index in [0.29, 0.717) is 11.8 Å². The van der Waals surface area contributed by atoms with E-state index in [1.807, 2.05) is 26.8 Å². The first-order valence-corrected chi connectivity index (χ1v) is 9.16. The Labute approximate surface area is 139 Å². The minimum Gasteiger partial charge on any atom is -0.360 e. The van der Waals surface area contributed by atoms with Crippen LogP contribution in [0, 0.1) is 13.8 Å². The summed E-state index contributed by atoms with van der Waals surface area (Å²) in [6.07, 6.45) is 0. The van der Waals surface area contributed by atoms with Crippen LogP contribution in [-0.2, 0) is 0 Å². The summed E-state index contributed by atoms with van der Waals surface area (Å²) in [7, 11) is 0. The normalized spacial score (nSPS) is 11.2. The third-order valence-corrected chi connectivity index (χ3v) is 5.38. The van der Waals surface area contributed by atoms with Crippen LogP contribution >= 0.6 is 23.1 Å². The van der Waals surface area contributed by atoms with Crippen LogP contribution in [0.15, 0.2) is 10.4 Å². The van der Waals surface area contributed by atoms with Crippen molar-refractivity contribution in [3.63, 3.8) is 0 Å². The van der Waals surface area contributed by atoms with Gasteiger partial charge in [-0.05, 0) is 40.7 Å². The predicted molar refractivity (Wildman–Crippen MR) is 93.4 cm³/mol. The number of carbonyl (C=O) groups is 1. The fourth-order valence-corrected chi connectivity index (χ4v) is 4.25. The Morgan fingerprint density at radius 1 is 1.41 bits per heavy atom. The van der Waals surface area contributed by atoms with Gasteiger partial charge in [0.1, 0.15) is 0 Å². The number of nitrogens with zero attached hydrogens (tertiary/aromatic N) is 3. The summed E-state index contributed by atoms with van der Waals surface area (Å²) in [5.74, 6) is 0.536. The molecule has 0 saturated carbocycles.